The normalized spacial score (nSPS) is 10.5. The van der Waals surface area contributed by atoms with Crippen molar-refractivity contribution in [2.75, 3.05) is 10.6 Å². The van der Waals surface area contributed by atoms with Crippen molar-refractivity contribution in [3.8, 4) is 0 Å². The molecule has 156 valence electrons. The molecule has 0 aromatic heterocycles. The van der Waals surface area contributed by atoms with E-state index in [0.717, 1.165) is 5.56 Å². The minimum Gasteiger partial charge on any atom is -0.322 e. The van der Waals surface area contributed by atoms with Gasteiger partial charge in [0.2, 0.25) is 0 Å². The van der Waals surface area contributed by atoms with Crippen molar-refractivity contribution in [1.82, 2.24) is 5.43 Å². The van der Waals surface area contributed by atoms with Crippen LogP contribution in [0, 0.1) is 6.92 Å². The van der Waals surface area contributed by atoms with Gasteiger partial charge >= 0.3 is 11.8 Å². The zero-order chi connectivity index (χ0) is 22.2. The second kappa shape index (κ2) is 10.2. The van der Waals surface area contributed by atoms with E-state index in [4.69, 9.17) is 11.6 Å². The lowest BCUT2D eigenvalue weighted by Crippen LogP contribution is -2.33. The maximum absolute atomic E-state index is 12.7. The standard InChI is InChI=1S/C23H19ClN4O3/c1-15-5-4-6-18(13-15)26-21(29)19-7-2-3-8-20(19)27-22(30)23(31)28-25-14-16-9-11-17(24)12-10-16/h2-14H,1H3,(H,26,29)(H,27,30)(H,28,31)/b25-14+. The lowest BCUT2D eigenvalue weighted by Gasteiger charge is -2.11. The lowest BCUT2D eigenvalue weighted by molar-refractivity contribution is -0.136. The zero-order valence-electron chi connectivity index (χ0n) is 16.6. The fourth-order valence-corrected chi connectivity index (χ4v) is 2.78. The van der Waals surface area contributed by atoms with E-state index in [9.17, 15) is 14.4 Å². The fraction of sp³-hybridized carbons (Fsp3) is 0.0435. The summed E-state index contributed by atoms with van der Waals surface area (Å²) >= 11 is 5.81. The van der Waals surface area contributed by atoms with Crippen LogP contribution in [0.1, 0.15) is 21.5 Å². The summed E-state index contributed by atoms with van der Waals surface area (Å²) in [6, 6.07) is 20.5. The number of para-hydroxylation sites is 1. The van der Waals surface area contributed by atoms with Crippen molar-refractivity contribution in [1.29, 1.82) is 0 Å². The molecule has 0 aliphatic heterocycles. The van der Waals surface area contributed by atoms with Gasteiger partial charge in [0.05, 0.1) is 17.5 Å². The molecule has 0 aliphatic carbocycles. The number of hydrazone groups is 1. The van der Waals surface area contributed by atoms with Crippen molar-refractivity contribution in [3.05, 3.63) is 94.5 Å². The number of aryl methyl sites for hydroxylation is 1. The summed E-state index contributed by atoms with van der Waals surface area (Å²) in [6.07, 6.45) is 1.38. The molecular formula is C23H19ClN4O3. The van der Waals surface area contributed by atoms with Crippen molar-refractivity contribution >= 4 is 46.9 Å². The Hall–Kier alpha value is -3.97. The maximum Gasteiger partial charge on any atom is 0.329 e. The van der Waals surface area contributed by atoms with E-state index in [1.165, 1.54) is 12.3 Å². The van der Waals surface area contributed by atoms with Crippen LogP contribution in [0.5, 0.6) is 0 Å². The Morgan fingerprint density at radius 1 is 0.871 bits per heavy atom. The van der Waals surface area contributed by atoms with E-state index in [0.29, 0.717) is 16.3 Å². The van der Waals surface area contributed by atoms with Crippen LogP contribution in [0.25, 0.3) is 0 Å². The molecule has 3 aromatic carbocycles. The zero-order valence-corrected chi connectivity index (χ0v) is 17.3. The highest BCUT2D eigenvalue weighted by Gasteiger charge is 2.17. The summed E-state index contributed by atoms with van der Waals surface area (Å²) in [5, 5.41) is 9.54. The molecule has 0 aliphatic rings. The molecule has 0 spiro atoms. The van der Waals surface area contributed by atoms with Gasteiger partial charge in [0.15, 0.2) is 0 Å². The van der Waals surface area contributed by atoms with Gasteiger partial charge in [-0.1, -0.05) is 48.0 Å². The Bertz CT molecular complexity index is 1140. The van der Waals surface area contributed by atoms with Crippen molar-refractivity contribution in [3.63, 3.8) is 0 Å². The Morgan fingerprint density at radius 3 is 2.35 bits per heavy atom. The summed E-state index contributed by atoms with van der Waals surface area (Å²) in [4.78, 5) is 36.9. The Kier molecular flexibility index (Phi) is 7.13. The van der Waals surface area contributed by atoms with Gasteiger partial charge in [0.25, 0.3) is 5.91 Å². The van der Waals surface area contributed by atoms with Crippen LogP contribution in [0.15, 0.2) is 77.9 Å². The number of hydrogen-bond acceptors (Lipinski definition) is 4. The van der Waals surface area contributed by atoms with Crippen LogP contribution in [-0.2, 0) is 9.59 Å². The van der Waals surface area contributed by atoms with E-state index < -0.39 is 17.7 Å². The largest absolute Gasteiger partial charge is 0.329 e. The number of hydrogen-bond donors (Lipinski definition) is 3. The van der Waals surface area contributed by atoms with Crippen LogP contribution in [-0.4, -0.2) is 23.9 Å². The minimum atomic E-state index is -0.973. The first-order valence-electron chi connectivity index (χ1n) is 9.29. The van der Waals surface area contributed by atoms with Crippen LogP contribution >= 0.6 is 11.6 Å². The third-order valence-corrected chi connectivity index (χ3v) is 4.40. The van der Waals surface area contributed by atoms with E-state index in [2.05, 4.69) is 21.2 Å². The van der Waals surface area contributed by atoms with Crippen LogP contribution in [0.3, 0.4) is 0 Å². The lowest BCUT2D eigenvalue weighted by atomic mass is 10.1. The average molecular weight is 435 g/mol. The number of nitrogens with zero attached hydrogens (tertiary/aromatic N) is 1. The van der Waals surface area contributed by atoms with E-state index in [1.807, 2.05) is 25.1 Å². The first-order chi connectivity index (χ1) is 14.9. The van der Waals surface area contributed by atoms with Crippen molar-refractivity contribution < 1.29 is 14.4 Å². The molecule has 0 heterocycles. The molecule has 3 N–H and O–H groups in total. The van der Waals surface area contributed by atoms with Gasteiger partial charge in [-0.25, -0.2) is 5.43 Å². The molecular weight excluding hydrogens is 416 g/mol. The van der Waals surface area contributed by atoms with Gasteiger partial charge in [0, 0.05) is 10.7 Å². The Labute approximate surface area is 184 Å². The molecule has 0 bridgehead atoms. The smallest absolute Gasteiger partial charge is 0.322 e. The van der Waals surface area contributed by atoms with Crippen molar-refractivity contribution in [2.24, 2.45) is 5.10 Å². The third-order valence-electron chi connectivity index (χ3n) is 4.15. The van der Waals surface area contributed by atoms with Gasteiger partial charge in [-0.3, -0.25) is 14.4 Å². The predicted molar refractivity (Wildman–Crippen MR) is 121 cm³/mol. The second-order valence-corrected chi connectivity index (χ2v) is 7.01. The van der Waals surface area contributed by atoms with Gasteiger partial charge in [-0.2, -0.15) is 5.10 Å². The van der Waals surface area contributed by atoms with Crippen LogP contribution in [0.2, 0.25) is 5.02 Å². The fourth-order valence-electron chi connectivity index (χ4n) is 2.66. The van der Waals surface area contributed by atoms with E-state index in [-0.39, 0.29) is 11.3 Å². The molecule has 0 radical (unpaired) electrons. The molecule has 0 saturated heterocycles. The summed E-state index contributed by atoms with van der Waals surface area (Å²) < 4.78 is 0. The minimum absolute atomic E-state index is 0.203. The van der Waals surface area contributed by atoms with Gasteiger partial charge in [0.1, 0.15) is 0 Å². The van der Waals surface area contributed by atoms with Gasteiger partial charge in [-0.05, 0) is 54.4 Å². The average Bonchev–Trinajstić information content (AvgIpc) is 2.75. The molecule has 0 fully saturated rings. The monoisotopic (exact) mass is 434 g/mol. The molecule has 3 rings (SSSR count). The molecule has 3 aromatic rings. The van der Waals surface area contributed by atoms with Crippen LogP contribution < -0.4 is 16.1 Å². The number of anilines is 2. The van der Waals surface area contributed by atoms with E-state index in [1.54, 1.807) is 48.5 Å². The number of benzene rings is 3. The maximum atomic E-state index is 12.7. The molecule has 3 amide bonds. The number of nitrogens with one attached hydrogen (secondary N) is 3. The first kappa shape index (κ1) is 21.7. The molecule has 7 nitrogen and oxygen atoms in total. The number of amides is 3. The summed E-state index contributed by atoms with van der Waals surface area (Å²) in [6.45, 7) is 1.91. The van der Waals surface area contributed by atoms with Crippen LogP contribution in [0.4, 0.5) is 11.4 Å². The molecule has 0 unspecified atom stereocenters. The van der Waals surface area contributed by atoms with Gasteiger partial charge < -0.3 is 10.6 Å². The first-order valence-corrected chi connectivity index (χ1v) is 9.67. The number of carbonyl (C=O) groups is 3. The predicted octanol–water partition coefficient (Wildman–Crippen LogP) is 3.99. The third kappa shape index (κ3) is 6.25. The molecule has 0 atom stereocenters. The molecule has 8 heteroatoms. The Morgan fingerprint density at radius 2 is 1.61 bits per heavy atom. The topological polar surface area (TPSA) is 99.7 Å². The Balaban J connectivity index is 1.63. The number of carbonyl (C=O) groups excluding carboxylic acids is 3. The SMILES string of the molecule is Cc1cccc(NC(=O)c2ccccc2NC(=O)C(=O)N/N=C/c2ccc(Cl)cc2)c1. The van der Waals surface area contributed by atoms with E-state index >= 15 is 0 Å². The molecule has 0 saturated carbocycles. The quantitative estimate of drug-likeness (QED) is 0.321. The summed E-state index contributed by atoms with van der Waals surface area (Å²) in [5.74, 6) is -2.34. The highest BCUT2D eigenvalue weighted by molar-refractivity contribution is 6.40. The highest BCUT2D eigenvalue weighted by atomic mass is 35.5. The molecule has 31 heavy (non-hydrogen) atoms. The second-order valence-electron chi connectivity index (χ2n) is 6.57. The highest BCUT2D eigenvalue weighted by Crippen LogP contribution is 2.18. The number of rotatable bonds is 5. The summed E-state index contributed by atoms with van der Waals surface area (Å²) in [5.41, 5.74) is 4.88. The summed E-state index contributed by atoms with van der Waals surface area (Å²) in [7, 11) is 0. The van der Waals surface area contributed by atoms with Crippen molar-refractivity contribution in [2.45, 2.75) is 6.92 Å². The number of halogens is 1. The van der Waals surface area contributed by atoms with Gasteiger partial charge in [-0.15, -0.1) is 0 Å².